The predicted molar refractivity (Wildman–Crippen MR) is 51.7 cm³/mol. The van der Waals surface area contributed by atoms with Gasteiger partial charge in [-0.25, -0.2) is 0 Å². The highest BCUT2D eigenvalue weighted by atomic mass is 16.4. The summed E-state index contributed by atoms with van der Waals surface area (Å²) in [7, 11) is 0. The van der Waals surface area contributed by atoms with Crippen molar-refractivity contribution in [2.24, 2.45) is 5.41 Å². The molecule has 1 atom stereocenters. The molecule has 2 N–H and O–H groups in total. The van der Waals surface area contributed by atoms with Crippen LogP contribution in [0.25, 0.3) is 0 Å². The van der Waals surface area contributed by atoms with Gasteiger partial charge in [-0.05, 0) is 31.2 Å². The van der Waals surface area contributed by atoms with Crippen LogP contribution in [0.1, 0.15) is 40.0 Å². The molecule has 0 aromatic heterocycles. The van der Waals surface area contributed by atoms with Crippen molar-refractivity contribution in [1.82, 2.24) is 5.32 Å². The maximum atomic E-state index is 11.3. The van der Waals surface area contributed by atoms with E-state index in [9.17, 15) is 9.90 Å². The number of hydrogen-bond donors (Lipinski definition) is 2. The van der Waals surface area contributed by atoms with Crippen LogP contribution in [-0.2, 0) is 4.79 Å². The Morgan fingerprint density at radius 3 is 2.23 bits per heavy atom. The highest BCUT2D eigenvalue weighted by molar-refractivity contribution is 5.80. The first-order valence-corrected chi connectivity index (χ1v) is 4.88. The van der Waals surface area contributed by atoms with E-state index in [1.54, 1.807) is 0 Å². The molecule has 1 fully saturated rings. The Hall–Kier alpha value is -0.570. The van der Waals surface area contributed by atoms with Crippen molar-refractivity contribution in [3.63, 3.8) is 0 Å². The summed E-state index contributed by atoms with van der Waals surface area (Å²) in [5.41, 5.74) is -0.940. The third-order valence-corrected chi connectivity index (χ3v) is 3.05. The maximum Gasteiger partial charge on any atom is 0.324 e. The Balaban J connectivity index is 2.93. The number of hydrogen-bond acceptors (Lipinski definition) is 2. The van der Waals surface area contributed by atoms with E-state index >= 15 is 0 Å². The van der Waals surface area contributed by atoms with Gasteiger partial charge in [0.1, 0.15) is 5.54 Å². The van der Waals surface area contributed by atoms with Crippen molar-refractivity contribution in [3.05, 3.63) is 0 Å². The summed E-state index contributed by atoms with van der Waals surface area (Å²) in [5, 5.41) is 12.4. The summed E-state index contributed by atoms with van der Waals surface area (Å²) < 4.78 is 0. The maximum absolute atomic E-state index is 11.3. The van der Waals surface area contributed by atoms with Crippen molar-refractivity contribution >= 4 is 5.97 Å². The fraction of sp³-hybridized carbons (Fsp3) is 0.900. The lowest BCUT2D eigenvalue weighted by Gasteiger charge is -2.44. The number of aliphatic carboxylic acids is 1. The molecule has 76 valence electrons. The molecular weight excluding hydrogens is 166 g/mol. The smallest absolute Gasteiger partial charge is 0.324 e. The summed E-state index contributed by atoms with van der Waals surface area (Å²) in [4.78, 5) is 11.3. The van der Waals surface area contributed by atoms with Gasteiger partial charge in [-0.3, -0.25) is 4.79 Å². The van der Waals surface area contributed by atoms with E-state index in [0.29, 0.717) is 0 Å². The van der Waals surface area contributed by atoms with Gasteiger partial charge in [0.2, 0.25) is 0 Å². The van der Waals surface area contributed by atoms with Crippen LogP contribution in [-0.4, -0.2) is 23.2 Å². The molecule has 0 saturated carbocycles. The molecule has 0 bridgehead atoms. The van der Waals surface area contributed by atoms with E-state index in [1.165, 1.54) is 0 Å². The van der Waals surface area contributed by atoms with E-state index in [4.69, 9.17) is 0 Å². The molecule has 3 heteroatoms. The lowest BCUT2D eigenvalue weighted by molar-refractivity contribution is -0.151. The van der Waals surface area contributed by atoms with Crippen molar-refractivity contribution in [3.8, 4) is 0 Å². The second kappa shape index (κ2) is 3.29. The Labute approximate surface area is 79.5 Å². The zero-order chi connectivity index (χ0) is 10.1. The molecule has 13 heavy (non-hydrogen) atoms. The van der Waals surface area contributed by atoms with Crippen LogP contribution < -0.4 is 5.32 Å². The molecule has 1 heterocycles. The molecule has 1 rings (SSSR count). The number of nitrogens with one attached hydrogen (secondary N) is 1. The highest BCUT2D eigenvalue weighted by Gasteiger charge is 2.48. The minimum absolute atomic E-state index is 0.223. The number of carboxylic acid groups (broad SMARTS) is 1. The lowest BCUT2D eigenvalue weighted by atomic mass is 9.69. The van der Waals surface area contributed by atoms with Crippen LogP contribution in [0.15, 0.2) is 0 Å². The Morgan fingerprint density at radius 1 is 1.38 bits per heavy atom. The fourth-order valence-electron chi connectivity index (χ4n) is 2.05. The first-order valence-electron chi connectivity index (χ1n) is 4.88. The molecule has 1 saturated heterocycles. The summed E-state index contributed by atoms with van der Waals surface area (Å²) in [6.07, 6.45) is 2.84. The molecule has 0 amide bonds. The second-order valence-corrected chi connectivity index (χ2v) is 4.84. The minimum Gasteiger partial charge on any atom is -0.480 e. The van der Waals surface area contributed by atoms with Gasteiger partial charge in [0.15, 0.2) is 0 Å². The van der Waals surface area contributed by atoms with E-state index < -0.39 is 11.5 Å². The molecule has 1 aliphatic heterocycles. The average molecular weight is 185 g/mol. The highest BCUT2D eigenvalue weighted by Crippen LogP contribution is 2.36. The van der Waals surface area contributed by atoms with Crippen LogP contribution in [0.5, 0.6) is 0 Å². The van der Waals surface area contributed by atoms with Crippen LogP contribution in [0.4, 0.5) is 0 Å². The summed E-state index contributed by atoms with van der Waals surface area (Å²) in [6, 6.07) is 0. The molecule has 0 radical (unpaired) electrons. The van der Waals surface area contributed by atoms with Gasteiger partial charge in [0.25, 0.3) is 0 Å². The largest absolute Gasteiger partial charge is 0.480 e. The van der Waals surface area contributed by atoms with Crippen molar-refractivity contribution < 1.29 is 9.90 Å². The van der Waals surface area contributed by atoms with Crippen molar-refractivity contribution in [2.45, 2.75) is 45.6 Å². The third-order valence-electron chi connectivity index (χ3n) is 3.05. The third kappa shape index (κ3) is 1.70. The standard InChI is InChI=1S/C10H19NO2/c1-9(2,3)10(8(12)13)6-4-5-7-11-10/h11H,4-7H2,1-3H3,(H,12,13)/t10-/m1/s1. The van der Waals surface area contributed by atoms with Crippen LogP contribution in [0.2, 0.25) is 0 Å². The summed E-state index contributed by atoms with van der Waals surface area (Å²) >= 11 is 0. The van der Waals surface area contributed by atoms with Crippen LogP contribution in [0.3, 0.4) is 0 Å². The number of carboxylic acids is 1. The molecule has 0 spiro atoms. The van der Waals surface area contributed by atoms with Gasteiger partial charge >= 0.3 is 5.97 Å². The normalized spacial score (nSPS) is 30.1. The zero-order valence-corrected chi connectivity index (χ0v) is 8.68. The molecular formula is C10H19NO2. The monoisotopic (exact) mass is 185 g/mol. The molecule has 0 aromatic rings. The first-order chi connectivity index (χ1) is 5.90. The lowest BCUT2D eigenvalue weighted by Crippen LogP contribution is -2.62. The molecule has 0 aromatic carbocycles. The first kappa shape index (κ1) is 10.5. The molecule has 0 aliphatic carbocycles. The Bertz CT molecular complexity index is 199. The Kier molecular flexibility index (Phi) is 2.66. The van der Waals surface area contributed by atoms with E-state index in [0.717, 1.165) is 25.8 Å². The summed E-state index contributed by atoms with van der Waals surface area (Å²) in [6.45, 7) is 6.78. The number of piperidine rings is 1. The molecule has 0 unspecified atom stereocenters. The summed E-state index contributed by atoms with van der Waals surface area (Å²) in [5.74, 6) is -0.709. The van der Waals surface area contributed by atoms with Gasteiger partial charge in [-0.2, -0.15) is 0 Å². The van der Waals surface area contributed by atoms with E-state index in [-0.39, 0.29) is 5.41 Å². The SMILES string of the molecule is CC(C)(C)[C@]1(C(=O)O)CCCCN1. The van der Waals surface area contributed by atoms with E-state index in [1.807, 2.05) is 20.8 Å². The van der Waals surface area contributed by atoms with Crippen molar-refractivity contribution in [2.75, 3.05) is 6.54 Å². The number of rotatable bonds is 1. The van der Waals surface area contributed by atoms with Gasteiger partial charge in [0.05, 0.1) is 0 Å². The van der Waals surface area contributed by atoms with Crippen LogP contribution >= 0.6 is 0 Å². The number of carbonyl (C=O) groups is 1. The average Bonchev–Trinajstić information content (AvgIpc) is 2.03. The van der Waals surface area contributed by atoms with E-state index in [2.05, 4.69) is 5.32 Å². The minimum atomic E-state index is -0.717. The van der Waals surface area contributed by atoms with Crippen LogP contribution in [0, 0.1) is 5.41 Å². The quantitative estimate of drug-likeness (QED) is 0.652. The predicted octanol–water partition coefficient (Wildman–Crippen LogP) is 1.63. The molecule has 1 aliphatic rings. The Morgan fingerprint density at radius 2 is 2.00 bits per heavy atom. The zero-order valence-electron chi connectivity index (χ0n) is 8.68. The second-order valence-electron chi connectivity index (χ2n) is 4.84. The van der Waals surface area contributed by atoms with Gasteiger partial charge < -0.3 is 10.4 Å². The molecule has 3 nitrogen and oxygen atoms in total. The fourth-order valence-corrected chi connectivity index (χ4v) is 2.05. The van der Waals surface area contributed by atoms with Crippen molar-refractivity contribution in [1.29, 1.82) is 0 Å². The van der Waals surface area contributed by atoms with Gasteiger partial charge in [-0.1, -0.05) is 20.8 Å². The van der Waals surface area contributed by atoms with Gasteiger partial charge in [-0.15, -0.1) is 0 Å². The topological polar surface area (TPSA) is 49.3 Å². The van der Waals surface area contributed by atoms with Gasteiger partial charge in [0, 0.05) is 0 Å².